The molecule has 0 spiro atoms. The molecule has 1 fully saturated rings. The molecule has 1 amide bonds. The molecule has 3 heterocycles. The van der Waals surface area contributed by atoms with Crippen molar-refractivity contribution in [3.63, 3.8) is 0 Å². The average Bonchev–Trinajstić information content (AvgIpc) is 3.31. The van der Waals surface area contributed by atoms with Gasteiger partial charge >= 0.3 is 0 Å². The van der Waals surface area contributed by atoms with Crippen LogP contribution in [0.3, 0.4) is 0 Å². The van der Waals surface area contributed by atoms with Gasteiger partial charge in [0.15, 0.2) is 0 Å². The van der Waals surface area contributed by atoms with Gasteiger partial charge in [0, 0.05) is 23.7 Å². The summed E-state index contributed by atoms with van der Waals surface area (Å²) in [5.41, 5.74) is 7.73. The number of aromatic nitrogens is 3. The summed E-state index contributed by atoms with van der Waals surface area (Å²) in [4.78, 5) is 27.3. The van der Waals surface area contributed by atoms with Crippen molar-refractivity contribution in [1.82, 2.24) is 19.9 Å². The molecule has 2 aromatic heterocycles. The lowest BCUT2D eigenvalue weighted by molar-refractivity contribution is 0.0708. The highest BCUT2D eigenvalue weighted by molar-refractivity contribution is 6.30. The van der Waals surface area contributed by atoms with E-state index in [2.05, 4.69) is 15.0 Å². The maximum Gasteiger partial charge on any atom is 0.273 e. The van der Waals surface area contributed by atoms with Gasteiger partial charge in [0.2, 0.25) is 11.8 Å². The van der Waals surface area contributed by atoms with Crippen LogP contribution in [0.2, 0.25) is 5.02 Å². The van der Waals surface area contributed by atoms with Crippen LogP contribution in [-0.4, -0.2) is 32.3 Å². The summed E-state index contributed by atoms with van der Waals surface area (Å²) in [5, 5.41) is 0.697. The summed E-state index contributed by atoms with van der Waals surface area (Å²) in [7, 11) is 0. The van der Waals surface area contributed by atoms with Crippen LogP contribution in [0.5, 0.6) is 0 Å². The first-order valence-corrected chi connectivity index (χ1v) is 9.48. The van der Waals surface area contributed by atoms with E-state index in [-0.39, 0.29) is 17.9 Å². The highest BCUT2D eigenvalue weighted by Gasteiger charge is 2.34. The Balaban J connectivity index is 1.52. The lowest BCUT2D eigenvalue weighted by Gasteiger charge is -2.22. The first-order chi connectivity index (χ1) is 13.5. The van der Waals surface area contributed by atoms with E-state index < -0.39 is 0 Å². The van der Waals surface area contributed by atoms with E-state index >= 15 is 0 Å². The summed E-state index contributed by atoms with van der Waals surface area (Å²) in [5.74, 6) is 1.21. The fraction of sp³-hybridized carbons (Fsp3) is 0.300. The number of likely N-dealkylation sites (tertiary alicyclic amines) is 1. The Morgan fingerprint density at radius 1 is 1.32 bits per heavy atom. The molecule has 4 rings (SSSR count). The Morgan fingerprint density at radius 2 is 2.11 bits per heavy atom. The molecule has 2 N–H and O–H groups in total. The first-order valence-electron chi connectivity index (χ1n) is 9.11. The molecule has 0 bridgehead atoms. The van der Waals surface area contributed by atoms with Crippen LogP contribution in [0, 0.1) is 6.92 Å². The Morgan fingerprint density at radius 3 is 2.86 bits per heavy atom. The van der Waals surface area contributed by atoms with Crippen molar-refractivity contribution < 1.29 is 9.21 Å². The van der Waals surface area contributed by atoms with Crippen LogP contribution in [-0.2, 0) is 6.42 Å². The summed E-state index contributed by atoms with van der Waals surface area (Å²) < 4.78 is 5.97. The lowest BCUT2D eigenvalue weighted by atomic mass is 10.1. The molecule has 1 atom stereocenters. The molecule has 0 saturated carbocycles. The molecule has 28 heavy (non-hydrogen) atoms. The van der Waals surface area contributed by atoms with E-state index in [1.807, 2.05) is 24.3 Å². The molecule has 7 nitrogen and oxygen atoms in total. The normalized spacial score (nSPS) is 16.5. The van der Waals surface area contributed by atoms with Gasteiger partial charge in [-0.05, 0) is 43.5 Å². The van der Waals surface area contributed by atoms with Gasteiger partial charge < -0.3 is 15.1 Å². The van der Waals surface area contributed by atoms with Gasteiger partial charge in [-0.3, -0.25) is 4.79 Å². The quantitative estimate of drug-likeness (QED) is 0.722. The van der Waals surface area contributed by atoms with Gasteiger partial charge in [-0.25, -0.2) is 15.0 Å². The van der Waals surface area contributed by atoms with E-state index in [1.54, 1.807) is 24.1 Å². The van der Waals surface area contributed by atoms with E-state index in [4.69, 9.17) is 21.8 Å². The minimum Gasteiger partial charge on any atom is -0.443 e. The van der Waals surface area contributed by atoms with Crippen molar-refractivity contribution in [2.75, 3.05) is 12.3 Å². The highest BCUT2D eigenvalue weighted by Crippen LogP contribution is 2.33. The minimum atomic E-state index is -0.206. The third-order valence-corrected chi connectivity index (χ3v) is 5.00. The Hall–Kier alpha value is -2.93. The number of amides is 1. The number of aryl methyl sites for hydroxylation is 1. The molecule has 1 saturated heterocycles. The predicted molar refractivity (Wildman–Crippen MR) is 105 cm³/mol. The number of carbonyl (C=O) groups is 1. The molecule has 0 unspecified atom stereocenters. The van der Waals surface area contributed by atoms with Gasteiger partial charge in [0.25, 0.3) is 5.91 Å². The van der Waals surface area contributed by atoms with Crippen LogP contribution in [0.25, 0.3) is 0 Å². The number of hydrogen-bond donors (Lipinski definition) is 1. The molecule has 3 aromatic rings. The topological polar surface area (TPSA) is 98.1 Å². The molecule has 1 aliphatic rings. The molecule has 144 valence electrons. The van der Waals surface area contributed by atoms with Gasteiger partial charge in [-0.2, -0.15) is 0 Å². The van der Waals surface area contributed by atoms with Crippen molar-refractivity contribution in [2.45, 2.75) is 32.2 Å². The van der Waals surface area contributed by atoms with Gasteiger partial charge in [0.1, 0.15) is 17.5 Å². The van der Waals surface area contributed by atoms with E-state index in [9.17, 15) is 4.79 Å². The molecule has 0 aliphatic carbocycles. The fourth-order valence-electron chi connectivity index (χ4n) is 3.48. The fourth-order valence-corrected chi connectivity index (χ4v) is 3.60. The SMILES string of the molecule is Cc1cc(C(=O)N2CCC[C@H]2c2ncc(Cc3ccc(Cl)cc3)o2)nc(N)n1. The summed E-state index contributed by atoms with van der Waals surface area (Å²) in [6.07, 6.45) is 4.02. The van der Waals surface area contributed by atoms with Crippen LogP contribution in [0.4, 0.5) is 5.95 Å². The molecular formula is C20H20ClN5O2. The second-order valence-corrected chi connectivity index (χ2v) is 7.31. The summed E-state index contributed by atoms with van der Waals surface area (Å²) in [6.45, 7) is 2.41. The lowest BCUT2D eigenvalue weighted by Crippen LogP contribution is -2.31. The van der Waals surface area contributed by atoms with Crippen molar-refractivity contribution in [1.29, 1.82) is 0 Å². The van der Waals surface area contributed by atoms with Crippen LogP contribution < -0.4 is 5.73 Å². The summed E-state index contributed by atoms with van der Waals surface area (Å²) >= 11 is 5.93. The minimum absolute atomic E-state index is 0.0977. The predicted octanol–water partition coefficient (Wildman–Crippen LogP) is 3.58. The van der Waals surface area contributed by atoms with Crippen LogP contribution in [0.1, 0.15) is 52.3 Å². The van der Waals surface area contributed by atoms with E-state index in [1.165, 1.54) is 0 Å². The number of nitrogens with zero attached hydrogens (tertiary/aromatic N) is 4. The Kier molecular flexibility index (Phi) is 5.00. The number of halogens is 1. The molecule has 0 radical (unpaired) electrons. The second kappa shape index (κ2) is 7.59. The first kappa shape index (κ1) is 18.4. The molecular weight excluding hydrogens is 378 g/mol. The molecule has 1 aromatic carbocycles. The maximum atomic E-state index is 13.0. The Labute approximate surface area is 167 Å². The highest BCUT2D eigenvalue weighted by atomic mass is 35.5. The average molecular weight is 398 g/mol. The maximum absolute atomic E-state index is 13.0. The van der Waals surface area contributed by atoms with E-state index in [0.29, 0.717) is 35.3 Å². The number of nitrogens with two attached hydrogens (primary N) is 1. The van der Waals surface area contributed by atoms with Gasteiger partial charge in [-0.1, -0.05) is 23.7 Å². The number of rotatable bonds is 4. The zero-order chi connectivity index (χ0) is 19.7. The second-order valence-electron chi connectivity index (χ2n) is 6.88. The van der Waals surface area contributed by atoms with Crippen molar-refractivity contribution in [3.05, 3.63) is 70.2 Å². The third-order valence-electron chi connectivity index (χ3n) is 4.75. The van der Waals surface area contributed by atoms with Crippen molar-refractivity contribution in [3.8, 4) is 0 Å². The Bertz CT molecular complexity index is 982. The zero-order valence-electron chi connectivity index (χ0n) is 15.4. The van der Waals surface area contributed by atoms with Gasteiger partial charge in [-0.15, -0.1) is 0 Å². The zero-order valence-corrected chi connectivity index (χ0v) is 16.2. The standard InChI is InChI=1S/C20H20ClN5O2/c1-12-9-16(25-20(22)24-12)19(27)26-8-2-3-17(26)18-23-11-15(28-18)10-13-4-6-14(21)7-5-13/h4-7,9,11,17H,2-3,8,10H2,1H3,(H2,22,24,25)/t17-/m0/s1. The van der Waals surface area contributed by atoms with E-state index in [0.717, 1.165) is 24.2 Å². The number of hydrogen-bond acceptors (Lipinski definition) is 6. The number of carbonyl (C=O) groups excluding carboxylic acids is 1. The number of benzene rings is 1. The van der Waals surface area contributed by atoms with Crippen LogP contribution >= 0.6 is 11.6 Å². The van der Waals surface area contributed by atoms with Gasteiger partial charge in [0.05, 0.1) is 6.20 Å². The number of nitrogen functional groups attached to an aromatic ring is 1. The van der Waals surface area contributed by atoms with Crippen molar-refractivity contribution >= 4 is 23.5 Å². The monoisotopic (exact) mass is 397 g/mol. The smallest absolute Gasteiger partial charge is 0.273 e. The number of oxazole rings is 1. The summed E-state index contributed by atoms with van der Waals surface area (Å²) in [6, 6.07) is 9.05. The van der Waals surface area contributed by atoms with Crippen LogP contribution in [0.15, 0.2) is 40.9 Å². The third kappa shape index (κ3) is 3.84. The molecule has 8 heteroatoms. The van der Waals surface area contributed by atoms with Crippen molar-refractivity contribution in [2.24, 2.45) is 0 Å². The number of anilines is 1. The molecule has 1 aliphatic heterocycles. The largest absolute Gasteiger partial charge is 0.443 e.